The molecule has 0 bridgehead atoms. The van der Waals surface area contributed by atoms with Gasteiger partial charge in [-0.1, -0.05) is 36.8 Å². The average molecular weight is 335 g/mol. The quantitative estimate of drug-likeness (QED) is 0.903. The third-order valence-corrected chi connectivity index (χ3v) is 4.28. The van der Waals surface area contributed by atoms with Crippen molar-refractivity contribution in [3.63, 3.8) is 0 Å². The van der Waals surface area contributed by atoms with Crippen molar-refractivity contribution < 1.29 is 9.53 Å². The lowest BCUT2D eigenvalue weighted by Crippen LogP contribution is -2.46. The van der Waals surface area contributed by atoms with Gasteiger partial charge >= 0.3 is 0 Å². The fraction of sp³-hybridized carbons (Fsp3) is 0.389. The molecule has 4 nitrogen and oxygen atoms in total. The molecule has 1 atom stereocenters. The normalized spacial score (nSPS) is 17.3. The van der Waals surface area contributed by atoms with Crippen molar-refractivity contribution >= 4 is 29.1 Å². The number of amides is 1. The number of rotatable bonds is 4. The Labute approximate surface area is 143 Å². The zero-order valence-electron chi connectivity index (χ0n) is 13.3. The highest BCUT2D eigenvalue weighted by Crippen LogP contribution is 2.27. The van der Waals surface area contributed by atoms with Crippen molar-refractivity contribution in [3.8, 4) is 5.75 Å². The predicted octanol–water partition coefficient (Wildman–Crippen LogP) is 3.03. The summed E-state index contributed by atoms with van der Waals surface area (Å²) in [6.45, 7) is 1.41. The molecule has 1 aliphatic rings. The number of halogens is 1. The number of nitrogens with one attached hydrogen (secondary N) is 2. The lowest BCUT2D eigenvalue weighted by atomic mass is 10.0. The lowest BCUT2D eigenvalue weighted by Gasteiger charge is -2.23. The molecular weight excluding hydrogens is 312 g/mol. The van der Waals surface area contributed by atoms with Gasteiger partial charge in [0.05, 0.1) is 13.2 Å². The molecule has 2 aromatic carbocycles. The summed E-state index contributed by atoms with van der Waals surface area (Å²) >= 11 is 0. The molecule has 23 heavy (non-hydrogen) atoms. The van der Waals surface area contributed by atoms with E-state index in [1.165, 1.54) is 0 Å². The Balaban J connectivity index is 0.00000192. The van der Waals surface area contributed by atoms with E-state index in [4.69, 9.17) is 4.74 Å². The Morgan fingerprint density at radius 2 is 2.09 bits per heavy atom. The van der Waals surface area contributed by atoms with Crippen molar-refractivity contribution in [3.05, 3.63) is 42.0 Å². The number of carbonyl (C=O) groups excluding carboxylic acids is 1. The first kappa shape index (κ1) is 17.6. The number of ether oxygens (including phenoxy) is 1. The SMILES string of the molecule is COc1ccc2ccccc2c1CNC(=O)[C@@H]1CCCCN1.Cl. The molecule has 0 aliphatic carbocycles. The minimum Gasteiger partial charge on any atom is -0.496 e. The summed E-state index contributed by atoms with van der Waals surface area (Å²) < 4.78 is 5.46. The molecule has 1 fully saturated rings. The van der Waals surface area contributed by atoms with Crippen LogP contribution in [0.3, 0.4) is 0 Å². The third-order valence-electron chi connectivity index (χ3n) is 4.28. The second-order valence-electron chi connectivity index (χ2n) is 5.69. The monoisotopic (exact) mass is 334 g/mol. The molecule has 1 amide bonds. The number of hydrogen-bond donors (Lipinski definition) is 2. The van der Waals surface area contributed by atoms with Gasteiger partial charge in [0.25, 0.3) is 0 Å². The molecule has 2 aromatic rings. The number of benzene rings is 2. The maximum Gasteiger partial charge on any atom is 0.237 e. The van der Waals surface area contributed by atoms with Crippen LogP contribution in [0.5, 0.6) is 5.75 Å². The van der Waals surface area contributed by atoms with Crippen LogP contribution >= 0.6 is 12.4 Å². The van der Waals surface area contributed by atoms with Gasteiger partial charge in [0, 0.05) is 12.1 Å². The van der Waals surface area contributed by atoms with E-state index in [9.17, 15) is 4.79 Å². The first-order valence-electron chi connectivity index (χ1n) is 7.85. The number of piperidine rings is 1. The fourth-order valence-corrected chi connectivity index (χ4v) is 3.06. The van der Waals surface area contributed by atoms with Crippen molar-refractivity contribution in [1.82, 2.24) is 10.6 Å². The lowest BCUT2D eigenvalue weighted by molar-refractivity contribution is -0.123. The number of methoxy groups -OCH3 is 1. The van der Waals surface area contributed by atoms with Gasteiger partial charge in [0.1, 0.15) is 5.75 Å². The second kappa shape index (κ2) is 8.18. The Hall–Kier alpha value is -1.78. The molecule has 0 spiro atoms. The van der Waals surface area contributed by atoms with Gasteiger partial charge in [-0.05, 0) is 36.2 Å². The molecule has 1 heterocycles. The van der Waals surface area contributed by atoms with Crippen LogP contribution in [-0.2, 0) is 11.3 Å². The second-order valence-corrected chi connectivity index (χ2v) is 5.69. The fourth-order valence-electron chi connectivity index (χ4n) is 3.06. The highest BCUT2D eigenvalue weighted by atomic mass is 35.5. The van der Waals surface area contributed by atoms with E-state index in [0.717, 1.165) is 47.9 Å². The van der Waals surface area contributed by atoms with E-state index < -0.39 is 0 Å². The van der Waals surface area contributed by atoms with Gasteiger partial charge in [0.15, 0.2) is 0 Å². The van der Waals surface area contributed by atoms with Crippen molar-refractivity contribution in [1.29, 1.82) is 0 Å². The van der Waals surface area contributed by atoms with Crippen molar-refractivity contribution in [2.45, 2.75) is 31.8 Å². The van der Waals surface area contributed by atoms with Gasteiger partial charge in [-0.25, -0.2) is 0 Å². The van der Waals surface area contributed by atoms with Crippen molar-refractivity contribution in [2.24, 2.45) is 0 Å². The summed E-state index contributed by atoms with van der Waals surface area (Å²) in [6.07, 6.45) is 3.18. The highest BCUT2D eigenvalue weighted by Gasteiger charge is 2.20. The van der Waals surface area contributed by atoms with Gasteiger partial charge in [-0.3, -0.25) is 4.79 Å². The van der Waals surface area contributed by atoms with Crippen LogP contribution in [0.25, 0.3) is 10.8 Å². The van der Waals surface area contributed by atoms with Crippen molar-refractivity contribution in [2.75, 3.05) is 13.7 Å². The van der Waals surface area contributed by atoms with E-state index in [2.05, 4.69) is 22.8 Å². The molecule has 0 radical (unpaired) electrons. The molecule has 0 aromatic heterocycles. The molecular formula is C18H23ClN2O2. The smallest absolute Gasteiger partial charge is 0.237 e. The topological polar surface area (TPSA) is 50.4 Å². The predicted molar refractivity (Wildman–Crippen MR) is 95.2 cm³/mol. The van der Waals surface area contributed by atoms with E-state index in [1.807, 2.05) is 24.3 Å². The largest absolute Gasteiger partial charge is 0.496 e. The van der Waals surface area contributed by atoms with Crippen LogP contribution in [0.1, 0.15) is 24.8 Å². The Bertz CT molecular complexity index is 669. The molecule has 1 aliphatic heterocycles. The maximum atomic E-state index is 12.3. The molecule has 3 rings (SSSR count). The summed E-state index contributed by atoms with van der Waals surface area (Å²) in [6, 6.07) is 12.1. The summed E-state index contributed by atoms with van der Waals surface area (Å²) in [5.74, 6) is 0.894. The Morgan fingerprint density at radius 3 is 2.83 bits per heavy atom. The van der Waals surface area contributed by atoms with Gasteiger partial charge in [-0.15, -0.1) is 12.4 Å². The van der Waals surface area contributed by atoms with E-state index in [1.54, 1.807) is 7.11 Å². The number of hydrogen-bond acceptors (Lipinski definition) is 3. The average Bonchev–Trinajstić information content (AvgIpc) is 2.60. The van der Waals surface area contributed by atoms with Gasteiger partial charge < -0.3 is 15.4 Å². The maximum absolute atomic E-state index is 12.3. The van der Waals surface area contributed by atoms with E-state index in [-0.39, 0.29) is 24.4 Å². The van der Waals surface area contributed by atoms with Crippen LogP contribution < -0.4 is 15.4 Å². The van der Waals surface area contributed by atoms with E-state index in [0.29, 0.717) is 6.54 Å². The molecule has 5 heteroatoms. The first-order chi connectivity index (χ1) is 10.8. The number of fused-ring (bicyclic) bond motifs is 1. The van der Waals surface area contributed by atoms with E-state index >= 15 is 0 Å². The third kappa shape index (κ3) is 3.95. The number of carbonyl (C=O) groups is 1. The minimum atomic E-state index is -0.0604. The van der Waals surface area contributed by atoms with Crippen LogP contribution in [0.2, 0.25) is 0 Å². The van der Waals surface area contributed by atoms with Crippen LogP contribution in [0.15, 0.2) is 36.4 Å². The molecule has 1 saturated heterocycles. The van der Waals surface area contributed by atoms with Crippen LogP contribution in [-0.4, -0.2) is 25.6 Å². The molecule has 0 saturated carbocycles. The van der Waals surface area contributed by atoms with Gasteiger partial charge in [0.2, 0.25) is 5.91 Å². The summed E-state index contributed by atoms with van der Waals surface area (Å²) in [5, 5.41) is 8.61. The van der Waals surface area contributed by atoms with Gasteiger partial charge in [-0.2, -0.15) is 0 Å². The molecule has 2 N–H and O–H groups in total. The van der Waals surface area contributed by atoms with Crippen LogP contribution in [0, 0.1) is 0 Å². The Kier molecular flexibility index (Phi) is 6.25. The first-order valence-corrected chi connectivity index (χ1v) is 7.85. The zero-order chi connectivity index (χ0) is 15.4. The molecule has 124 valence electrons. The zero-order valence-corrected chi connectivity index (χ0v) is 14.1. The summed E-state index contributed by atoms with van der Waals surface area (Å²) in [5.41, 5.74) is 1.03. The standard InChI is InChI=1S/C18H22N2O2.ClH/c1-22-17-10-9-13-6-2-3-7-14(13)15(17)12-20-18(21)16-8-4-5-11-19-16;/h2-3,6-7,9-10,16,19H,4-5,8,11-12H2,1H3,(H,20,21);1H/t16-;/m0./s1. The highest BCUT2D eigenvalue weighted by molar-refractivity contribution is 5.88. The van der Waals surface area contributed by atoms with Crippen LogP contribution in [0.4, 0.5) is 0 Å². The molecule has 0 unspecified atom stereocenters. The summed E-state index contributed by atoms with van der Waals surface area (Å²) in [4.78, 5) is 12.3. The minimum absolute atomic E-state index is 0. The summed E-state index contributed by atoms with van der Waals surface area (Å²) in [7, 11) is 1.66. The Morgan fingerprint density at radius 1 is 1.26 bits per heavy atom.